The summed E-state index contributed by atoms with van der Waals surface area (Å²) in [6.45, 7) is 5.74. The molecule has 0 bridgehead atoms. The standard InChI is InChI=1S/C15H21FN2O/c16-14-3-4-15-13(8-14)11-18(6-7-19-15)10-12-2-1-5-17-9-12/h3-4,8,12,17H,1-2,5-7,9-11H2. The molecule has 2 aliphatic rings. The van der Waals surface area contributed by atoms with Gasteiger partial charge in [-0.2, -0.15) is 0 Å². The fourth-order valence-electron chi connectivity index (χ4n) is 3.02. The lowest BCUT2D eigenvalue weighted by Crippen LogP contribution is -2.38. The molecule has 1 saturated heterocycles. The van der Waals surface area contributed by atoms with E-state index < -0.39 is 0 Å². The van der Waals surface area contributed by atoms with Gasteiger partial charge in [0.15, 0.2) is 0 Å². The van der Waals surface area contributed by atoms with Gasteiger partial charge in [0, 0.05) is 25.2 Å². The van der Waals surface area contributed by atoms with Crippen LogP contribution in [0, 0.1) is 11.7 Å². The van der Waals surface area contributed by atoms with Crippen LogP contribution in [0.5, 0.6) is 5.75 Å². The Hall–Kier alpha value is -1.13. The lowest BCUT2D eigenvalue weighted by atomic mass is 9.99. The van der Waals surface area contributed by atoms with Crippen LogP contribution in [0.15, 0.2) is 18.2 Å². The minimum Gasteiger partial charge on any atom is -0.492 e. The van der Waals surface area contributed by atoms with Crippen LogP contribution in [-0.2, 0) is 6.54 Å². The van der Waals surface area contributed by atoms with Crippen LogP contribution in [0.1, 0.15) is 18.4 Å². The van der Waals surface area contributed by atoms with E-state index in [-0.39, 0.29) is 5.82 Å². The van der Waals surface area contributed by atoms with E-state index in [0.29, 0.717) is 12.5 Å². The largest absolute Gasteiger partial charge is 0.492 e. The summed E-state index contributed by atoms with van der Waals surface area (Å²) in [4.78, 5) is 2.39. The molecule has 3 rings (SSSR count). The molecular formula is C15H21FN2O. The maximum Gasteiger partial charge on any atom is 0.124 e. The topological polar surface area (TPSA) is 24.5 Å². The zero-order chi connectivity index (χ0) is 13.1. The van der Waals surface area contributed by atoms with Crippen molar-refractivity contribution in [3.63, 3.8) is 0 Å². The van der Waals surface area contributed by atoms with Crippen LogP contribution in [0.4, 0.5) is 4.39 Å². The van der Waals surface area contributed by atoms with Crippen molar-refractivity contribution >= 4 is 0 Å². The third-order valence-electron chi connectivity index (χ3n) is 4.00. The van der Waals surface area contributed by atoms with Gasteiger partial charge >= 0.3 is 0 Å². The molecule has 3 nitrogen and oxygen atoms in total. The number of hydrogen-bond acceptors (Lipinski definition) is 3. The number of nitrogens with zero attached hydrogens (tertiary/aromatic N) is 1. The minimum atomic E-state index is -0.177. The lowest BCUT2D eigenvalue weighted by molar-refractivity contribution is 0.183. The van der Waals surface area contributed by atoms with Gasteiger partial charge in [-0.3, -0.25) is 4.90 Å². The summed E-state index contributed by atoms with van der Waals surface area (Å²) in [6.07, 6.45) is 2.56. The monoisotopic (exact) mass is 264 g/mol. The first-order valence-corrected chi connectivity index (χ1v) is 7.15. The fourth-order valence-corrected chi connectivity index (χ4v) is 3.02. The molecule has 0 radical (unpaired) electrons. The first kappa shape index (κ1) is 12.9. The molecule has 1 fully saturated rings. The van der Waals surface area contributed by atoms with Gasteiger partial charge in [-0.15, -0.1) is 0 Å². The van der Waals surface area contributed by atoms with Gasteiger partial charge in [-0.25, -0.2) is 4.39 Å². The Kier molecular flexibility index (Phi) is 3.99. The van der Waals surface area contributed by atoms with Crippen LogP contribution in [0.2, 0.25) is 0 Å². The molecule has 1 atom stereocenters. The Labute approximate surface area is 113 Å². The summed E-state index contributed by atoms with van der Waals surface area (Å²) in [7, 11) is 0. The molecule has 4 heteroatoms. The van der Waals surface area contributed by atoms with Crippen molar-refractivity contribution in [3.8, 4) is 5.75 Å². The molecule has 0 amide bonds. The van der Waals surface area contributed by atoms with Crippen molar-refractivity contribution in [1.29, 1.82) is 0 Å². The van der Waals surface area contributed by atoms with Crippen molar-refractivity contribution in [1.82, 2.24) is 10.2 Å². The van der Waals surface area contributed by atoms with Gasteiger partial charge in [0.05, 0.1) is 0 Å². The highest BCUT2D eigenvalue weighted by Gasteiger charge is 2.20. The highest BCUT2D eigenvalue weighted by atomic mass is 19.1. The van der Waals surface area contributed by atoms with Crippen molar-refractivity contribution in [2.45, 2.75) is 19.4 Å². The number of nitrogens with one attached hydrogen (secondary N) is 1. The second-order valence-electron chi connectivity index (χ2n) is 5.55. The Balaban J connectivity index is 1.67. The van der Waals surface area contributed by atoms with E-state index >= 15 is 0 Å². The van der Waals surface area contributed by atoms with Crippen molar-refractivity contribution in [2.75, 3.05) is 32.8 Å². The van der Waals surface area contributed by atoms with Gasteiger partial charge < -0.3 is 10.1 Å². The molecule has 0 aliphatic carbocycles. The maximum absolute atomic E-state index is 13.3. The normalized spacial score (nSPS) is 24.4. The Morgan fingerprint density at radius 1 is 1.42 bits per heavy atom. The molecular weight excluding hydrogens is 243 g/mol. The van der Waals surface area contributed by atoms with E-state index in [1.807, 2.05) is 0 Å². The Bertz CT molecular complexity index is 432. The highest BCUT2D eigenvalue weighted by molar-refractivity contribution is 5.34. The SMILES string of the molecule is Fc1ccc2c(c1)CN(CC1CCCNC1)CCO2. The predicted octanol–water partition coefficient (Wildman–Crippen LogP) is 2.02. The summed E-state index contributed by atoms with van der Waals surface area (Å²) in [5.74, 6) is 1.37. The summed E-state index contributed by atoms with van der Waals surface area (Å²) in [5, 5.41) is 3.45. The van der Waals surface area contributed by atoms with Gasteiger partial charge in [0.2, 0.25) is 0 Å². The first-order chi connectivity index (χ1) is 9.31. The predicted molar refractivity (Wildman–Crippen MR) is 72.8 cm³/mol. The number of ether oxygens (including phenoxy) is 1. The van der Waals surface area contributed by atoms with Crippen LogP contribution >= 0.6 is 0 Å². The average molecular weight is 264 g/mol. The number of piperidine rings is 1. The minimum absolute atomic E-state index is 0.177. The second kappa shape index (κ2) is 5.88. The molecule has 0 saturated carbocycles. The molecule has 19 heavy (non-hydrogen) atoms. The summed E-state index contributed by atoms with van der Waals surface area (Å²) < 4.78 is 19.0. The van der Waals surface area contributed by atoms with Crippen LogP contribution in [0.3, 0.4) is 0 Å². The molecule has 104 valence electrons. The number of hydrogen-bond donors (Lipinski definition) is 1. The average Bonchev–Trinajstić information content (AvgIpc) is 2.61. The third-order valence-corrected chi connectivity index (χ3v) is 4.00. The lowest BCUT2D eigenvalue weighted by Gasteiger charge is -2.28. The van der Waals surface area contributed by atoms with E-state index in [1.165, 1.54) is 18.9 Å². The smallest absolute Gasteiger partial charge is 0.124 e. The van der Waals surface area contributed by atoms with Crippen LogP contribution < -0.4 is 10.1 Å². The quantitative estimate of drug-likeness (QED) is 0.884. The zero-order valence-corrected chi connectivity index (χ0v) is 11.2. The van der Waals surface area contributed by atoms with E-state index in [1.54, 1.807) is 12.1 Å². The van der Waals surface area contributed by atoms with Crippen LogP contribution in [0.25, 0.3) is 0 Å². The van der Waals surface area contributed by atoms with E-state index in [2.05, 4.69) is 10.2 Å². The first-order valence-electron chi connectivity index (χ1n) is 7.15. The van der Waals surface area contributed by atoms with Gasteiger partial charge in [0.25, 0.3) is 0 Å². The summed E-state index contributed by atoms with van der Waals surface area (Å²) in [6, 6.07) is 4.82. The van der Waals surface area contributed by atoms with E-state index in [9.17, 15) is 4.39 Å². The molecule has 0 aromatic heterocycles. The molecule has 0 spiro atoms. The molecule has 2 heterocycles. The molecule has 2 aliphatic heterocycles. The number of halogens is 1. The number of benzene rings is 1. The molecule has 1 aromatic rings. The second-order valence-corrected chi connectivity index (χ2v) is 5.55. The van der Waals surface area contributed by atoms with Crippen LogP contribution in [-0.4, -0.2) is 37.7 Å². The van der Waals surface area contributed by atoms with E-state index in [0.717, 1.165) is 44.0 Å². The van der Waals surface area contributed by atoms with Crippen molar-refractivity contribution < 1.29 is 9.13 Å². The molecule has 1 N–H and O–H groups in total. The summed E-state index contributed by atoms with van der Waals surface area (Å²) >= 11 is 0. The fraction of sp³-hybridized carbons (Fsp3) is 0.600. The molecule has 1 unspecified atom stereocenters. The van der Waals surface area contributed by atoms with Crippen molar-refractivity contribution in [2.24, 2.45) is 5.92 Å². The zero-order valence-electron chi connectivity index (χ0n) is 11.2. The Morgan fingerprint density at radius 2 is 2.37 bits per heavy atom. The third kappa shape index (κ3) is 3.25. The van der Waals surface area contributed by atoms with Gasteiger partial charge in [-0.05, 0) is 50.0 Å². The van der Waals surface area contributed by atoms with Gasteiger partial charge in [-0.1, -0.05) is 0 Å². The van der Waals surface area contributed by atoms with Crippen molar-refractivity contribution in [3.05, 3.63) is 29.6 Å². The maximum atomic E-state index is 13.3. The van der Waals surface area contributed by atoms with Gasteiger partial charge in [0.1, 0.15) is 18.2 Å². The number of rotatable bonds is 2. The number of fused-ring (bicyclic) bond motifs is 1. The molecule has 1 aromatic carbocycles. The van der Waals surface area contributed by atoms with E-state index in [4.69, 9.17) is 4.74 Å². The Morgan fingerprint density at radius 3 is 3.21 bits per heavy atom. The summed E-state index contributed by atoms with van der Waals surface area (Å²) in [5.41, 5.74) is 0.973. The highest BCUT2D eigenvalue weighted by Crippen LogP contribution is 2.24.